The number of rotatable bonds is 3. The summed E-state index contributed by atoms with van der Waals surface area (Å²) < 4.78 is 18.8. The maximum absolute atomic E-state index is 13.0. The molecule has 4 rings (SSSR count). The molecule has 4 nitrogen and oxygen atoms in total. The van der Waals surface area contributed by atoms with Crippen LogP contribution in [0.2, 0.25) is 0 Å². The smallest absolute Gasteiger partial charge is 0.231 e. The van der Waals surface area contributed by atoms with Crippen LogP contribution in [0.5, 0.6) is 5.75 Å². The van der Waals surface area contributed by atoms with E-state index >= 15 is 0 Å². The van der Waals surface area contributed by atoms with Crippen LogP contribution in [0.4, 0.5) is 10.1 Å². The number of carbonyl (C=O) groups is 1. The minimum atomic E-state index is -0.380. The van der Waals surface area contributed by atoms with Crippen molar-refractivity contribution in [3.05, 3.63) is 77.9 Å². The van der Waals surface area contributed by atoms with Gasteiger partial charge in [-0.2, -0.15) is 0 Å². The van der Waals surface area contributed by atoms with Crippen LogP contribution in [0.3, 0.4) is 0 Å². The molecule has 0 aliphatic carbocycles. The van der Waals surface area contributed by atoms with E-state index in [1.807, 2.05) is 24.3 Å². The van der Waals surface area contributed by atoms with E-state index in [2.05, 4.69) is 10.3 Å². The summed E-state index contributed by atoms with van der Waals surface area (Å²) in [5.74, 6) is -0.0687. The third kappa shape index (κ3) is 3.04. The lowest BCUT2D eigenvalue weighted by molar-refractivity contribution is -0.117. The maximum atomic E-state index is 13.0. The molecule has 1 aliphatic rings. The first-order chi connectivity index (χ1) is 12.6. The second-order valence-electron chi connectivity index (χ2n) is 6.29. The highest BCUT2D eigenvalue weighted by Crippen LogP contribution is 2.37. The van der Waals surface area contributed by atoms with Gasteiger partial charge in [0, 0.05) is 17.4 Å². The molecule has 0 fully saturated rings. The lowest BCUT2D eigenvalue weighted by Gasteiger charge is -2.21. The standard InChI is InChI=1S/C21H17FN2O2/c1-13(14-2-4-16(22)5-3-14)21(25)24-17-6-7-18-15(10-17)12-26-20-11-23-9-8-19(18)20/h2-11,13H,12H2,1H3,(H,24,25). The van der Waals surface area contributed by atoms with Crippen molar-refractivity contribution in [3.8, 4) is 16.9 Å². The number of ether oxygens (including phenoxy) is 1. The summed E-state index contributed by atoms with van der Waals surface area (Å²) in [4.78, 5) is 16.6. The Morgan fingerprint density at radius 2 is 1.96 bits per heavy atom. The number of hydrogen-bond donors (Lipinski definition) is 1. The van der Waals surface area contributed by atoms with Crippen LogP contribution < -0.4 is 10.1 Å². The van der Waals surface area contributed by atoms with Crippen molar-refractivity contribution in [3.63, 3.8) is 0 Å². The Bertz CT molecular complexity index is 970. The van der Waals surface area contributed by atoms with E-state index in [4.69, 9.17) is 4.74 Å². The molecule has 0 saturated carbocycles. The Morgan fingerprint density at radius 1 is 1.15 bits per heavy atom. The highest BCUT2D eigenvalue weighted by atomic mass is 19.1. The first-order valence-electron chi connectivity index (χ1n) is 8.38. The molecule has 1 aliphatic heterocycles. The topological polar surface area (TPSA) is 51.2 Å². The van der Waals surface area contributed by atoms with Gasteiger partial charge in [0.2, 0.25) is 5.91 Å². The fraction of sp³-hybridized carbons (Fsp3) is 0.143. The van der Waals surface area contributed by atoms with Gasteiger partial charge in [-0.1, -0.05) is 18.2 Å². The number of nitrogens with one attached hydrogen (secondary N) is 1. The molecule has 0 radical (unpaired) electrons. The Labute approximate surface area is 150 Å². The summed E-state index contributed by atoms with van der Waals surface area (Å²) in [5.41, 5.74) is 4.57. The summed E-state index contributed by atoms with van der Waals surface area (Å²) in [6, 6.07) is 13.7. The third-order valence-electron chi connectivity index (χ3n) is 4.59. The van der Waals surface area contributed by atoms with Crippen LogP contribution in [0, 0.1) is 5.82 Å². The van der Waals surface area contributed by atoms with Crippen LogP contribution in [0.25, 0.3) is 11.1 Å². The zero-order valence-corrected chi connectivity index (χ0v) is 14.2. The fourth-order valence-electron chi connectivity index (χ4n) is 3.08. The van der Waals surface area contributed by atoms with Crippen molar-refractivity contribution in [2.45, 2.75) is 19.4 Å². The number of halogens is 1. The average molecular weight is 348 g/mol. The van der Waals surface area contributed by atoms with Gasteiger partial charge < -0.3 is 10.1 Å². The third-order valence-corrected chi connectivity index (χ3v) is 4.59. The first kappa shape index (κ1) is 16.3. The molecule has 1 amide bonds. The number of pyridine rings is 1. The summed E-state index contributed by atoms with van der Waals surface area (Å²) in [7, 11) is 0. The van der Waals surface area contributed by atoms with Crippen LogP contribution in [0.15, 0.2) is 60.9 Å². The molecule has 26 heavy (non-hydrogen) atoms. The number of benzene rings is 2. The van der Waals surface area contributed by atoms with Gasteiger partial charge in [-0.05, 0) is 53.9 Å². The second-order valence-corrected chi connectivity index (χ2v) is 6.29. The summed E-state index contributed by atoms with van der Waals surface area (Å²) in [6.45, 7) is 2.23. The highest BCUT2D eigenvalue weighted by Gasteiger charge is 2.19. The lowest BCUT2D eigenvalue weighted by Crippen LogP contribution is -2.19. The zero-order chi connectivity index (χ0) is 18.1. The van der Waals surface area contributed by atoms with Gasteiger partial charge in [-0.3, -0.25) is 9.78 Å². The molecule has 3 aromatic rings. The SMILES string of the molecule is CC(C(=O)Nc1ccc2c(c1)COc1cnccc1-2)c1ccc(F)cc1. The molecule has 1 N–H and O–H groups in total. The molecule has 0 spiro atoms. The molecule has 2 aromatic carbocycles. The van der Waals surface area contributed by atoms with Crippen molar-refractivity contribution in [1.29, 1.82) is 0 Å². The van der Waals surface area contributed by atoms with E-state index in [1.54, 1.807) is 31.5 Å². The van der Waals surface area contributed by atoms with E-state index in [1.165, 1.54) is 12.1 Å². The summed E-state index contributed by atoms with van der Waals surface area (Å²) in [5, 5.41) is 2.93. The van der Waals surface area contributed by atoms with Gasteiger partial charge in [0.1, 0.15) is 18.2 Å². The van der Waals surface area contributed by atoms with Crippen LogP contribution in [-0.2, 0) is 11.4 Å². The van der Waals surface area contributed by atoms with Crippen LogP contribution >= 0.6 is 0 Å². The van der Waals surface area contributed by atoms with Gasteiger partial charge in [-0.15, -0.1) is 0 Å². The minimum Gasteiger partial charge on any atom is -0.487 e. The van der Waals surface area contributed by atoms with Gasteiger partial charge in [-0.25, -0.2) is 4.39 Å². The molecule has 2 heterocycles. The predicted octanol–water partition coefficient (Wildman–Crippen LogP) is 4.52. The number of carbonyl (C=O) groups excluding carboxylic acids is 1. The Kier molecular flexibility index (Phi) is 4.13. The van der Waals surface area contributed by atoms with Crippen LogP contribution in [-0.4, -0.2) is 10.9 Å². The normalized spacial score (nSPS) is 13.2. The maximum Gasteiger partial charge on any atom is 0.231 e. The lowest BCUT2D eigenvalue weighted by atomic mass is 9.97. The number of aromatic nitrogens is 1. The van der Waals surface area contributed by atoms with Gasteiger partial charge in [0.15, 0.2) is 0 Å². The Morgan fingerprint density at radius 3 is 2.77 bits per heavy atom. The Hall–Kier alpha value is -3.21. The number of fused-ring (bicyclic) bond motifs is 3. The molecule has 0 bridgehead atoms. The number of nitrogens with zero attached hydrogens (tertiary/aromatic N) is 1. The van der Waals surface area contributed by atoms with Crippen molar-refractivity contribution in [2.24, 2.45) is 0 Å². The fourth-order valence-corrected chi connectivity index (χ4v) is 3.08. The molecular formula is C21H17FN2O2. The summed E-state index contributed by atoms with van der Waals surface area (Å²) in [6.07, 6.45) is 3.44. The quantitative estimate of drug-likeness (QED) is 0.757. The second kappa shape index (κ2) is 6.59. The average Bonchev–Trinajstić information content (AvgIpc) is 2.67. The monoisotopic (exact) mass is 348 g/mol. The molecular weight excluding hydrogens is 331 g/mol. The number of amides is 1. The van der Waals surface area contributed by atoms with E-state index in [9.17, 15) is 9.18 Å². The number of anilines is 1. The van der Waals surface area contributed by atoms with E-state index < -0.39 is 0 Å². The van der Waals surface area contributed by atoms with Gasteiger partial charge in [0.25, 0.3) is 0 Å². The zero-order valence-electron chi connectivity index (χ0n) is 14.2. The molecule has 0 saturated heterocycles. The first-order valence-corrected chi connectivity index (χ1v) is 8.38. The van der Waals surface area contributed by atoms with Gasteiger partial charge >= 0.3 is 0 Å². The predicted molar refractivity (Wildman–Crippen MR) is 97.4 cm³/mol. The summed E-state index contributed by atoms with van der Waals surface area (Å²) >= 11 is 0. The van der Waals surface area contributed by atoms with E-state index in [0.717, 1.165) is 28.0 Å². The van der Waals surface area contributed by atoms with Crippen molar-refractivity contribution in [2.75, 3.05) is 5.32 Å². The molecule has 130 valence electrons. The highest BCUT2D eigenvalue weighted by molar-refractivity contribution is 5.96. The van der Waals surface area contributed by atoms with E-state index in [0.29, 0.717) is 12.3 Å². The molecule has 1 atom stereocenters. The molecule has 1 unspecified atom stereocenters. The number of hydrogen-bond acceptors (Lipinski definition) is 3. The van der Waals surface area contributed by atoms with Crippen LogP contribution in [0.1, 0.15) is 24.0 Å². The van der Waals surface area contributed by atoms with Crippen molar-refractivity contribution in [1.82, 2.24) is 4.98 Å². The minimum absolute atomic E-state index is 0.141. The molecule has 5 heteroatoms. The Balaban J connectivity index is 1.55. The van der Waals surface area contributed by atoms with Crippen molar-refractivity contribution >= 4 is 11.6 Å². The van der Waals surface area contributed by atoms with Crippen molar-refractivity contribution < 1.29 is 13.9 Å². The largest absolute Gasteiger partial charge is 0.487 e. The van der Waals surface area contributed by atoms with Gasteiger partial charge in [0.05, 0.1) is 12.1 Å². The van der Waals surface area contributed by atoms with E-state index in [-0.39, 0.29) is 17.6 Å². The molecule has 1 aromatic heterocycles.